The van der Waals surface area contributed by atoms with Crippen LogP contribution in [0.5, 0.6) is 17.2 Å². The molecule has 0 spiro atoms. The van der Waals surface area contributed by atoms with E-state index in [1.165, 1.54) is 26.4 Å². The molecule has 0 radical (unpaired) electrons. The molecule has 1 aromatic heterocycles. The van der Waals surface area contributed by atoms with Crippen LogP contribution in [0.15, 0.2) is 88.1 Å². The molecule has 1 saturated heterocycles. The fourth-order valence-corrected chi connectivity index (χ4v) is 7.97. The maximum Gasteiger partial charge on any atom is 0.573 e. The molecule has 0 aliphatic carbocycles. The Bertz CT molecular complexity index is 2020. The van der Waals surface area contributed by atoms with Gasteiger partial charge in [0.2, 0.25) is 0 Å². The molecule has 0 amide bonds. The quantitative estimate of drug-likeness (QED) is 0.163. The van der Waals surface area contributed by atoms with Gasteiger partial charge in [-0.15, -0.1) is 13.2 Å². The van der Waals surface area contributed by atoms with Gasteiger partial charge >= 0.3 is 6.36 Å². The number of methoxy groups -OCH3 is 2. The van der Waals surface area contributed by atoms with E-state index in [9.17, 15) is 22.5 Å². The highest BCUT2D eigenvalue weighted by molar-refractivity contribution is 7.91. The van der Waals surface area contributed by atoms with Gasteiger partial charge in [0.25, 0.3) is 0 Å². The second-order valence-electron chi connectivity index (χ2n) is 11.0. The summed E-state index contributed by atoms with van der Waals surface area (Å²) in [6, 6.07) is 18.9. The van der Waals surface area contributed by atoms with Crippen molar-refractivity contribution >= 4 is 54.9 Å². The summed E-state index contributed by atoms with van der Waals surface area (Å²) in [5.74, 6) is 0.483. The Morgan fingerprint density at radius 2 is 1.54 bits per heavy atom. The molecule has 2 heterocycles. The first-order valence-corrected chi connectivity index (χ1v) is 16.9. The van der Waals surface area contributed by atoms with E-state index >= 15 is 0 Å². The molecule has 48 heavy (non-hydrogen) atoms. The largest absolute Gasteiger partial charge is 0.573 e. The highest BCUT2D eigenvalue weighted by atomic mass is 35.5. The van der Waals surface area contributed by atoms with Crippen molar-refractivity contribution in [1.29, 1.82) is 0 Å². The van der Waals surface area contributed by atoms with Crippen LogP contribution in [0, 0.1) is 0 Å². The minimum absolute atomic E-state index is 0.0277. The summed E-state index contributed by atoms with van der Waals surface area (Å²) < 4.78 is 83.6. The predicted octanol–water partition coefficient (Wildman–Crippen LogP) is 7.55. The minimum atomic E-state index is -4.90. The molecule has 0 bridgehead atoms. The number of aliphatic hydroxyl groups excluding tert-OH is 1. The van der Waals surface area contributed by atoms with Gasteiger partial charge in [-0.1, -0.05) is 23.2 Å². The molecule has 5 aromatic rings. The predicted molar refractivity (Wildman–Crippen MR) is 177 cm³/mol. The standard InChI is InChI=1S/C33H30Cl2F3N3O6S/c1-44-23-6-3-19(31(15-23)45-2)16-39-48(43,24-9-7-22(8-10-24)47-33(36,37)38)40-27-17-46-18-30(32(27)42)41-28-11-4-20(34)13-25(28)26-14-21(35)5-12-29(26)41/h3-15,27,30,32,42H,16-18H2,1-2H3,(H,39,40,43)/t27-,30+,32+,48?/m1/s1. The summed E-state index contributed by atoms with van der Waals surface area (Å²) in [6.45, 7) is -0.00424. The fraction of sp³-hybridized carbons (Fsp3) is 0.273. The maximum absolute atomic E-state index is 14.8. The van der Waals surface area contributed by atoms with E-state index in [4.69, 9.17) is 37.4 Å². The highest BCUT2D eigenvalue weighted by Crippen LogP contribution is 2.38. The van der Waals surface area contributed by atoms with Crippen molar-refractivity contribution in [2.45, 2.75) is 36.0 Å². The zero-order valence-electron chi connectivity index (χ0n) is 25.5. The van der Waals surface area contributed by atoms with Crippen molar-refractivity contribution < 1.29 is 41.4 Å². The van der Waals surface area contributed by atoms with Gasteiger partial charge in [-0.2, -0.15) is 0 Å². The fourth-order valence-electron chi connectivity index (χ4n) is 5.82. The van der Waals surface area contributed by atoms with Crippen molar-refractivity contribution in [3.8, 4) is 17.2 Å². The number of alkyl halides is 3. The van der Waals surface area contributed by atoms with Crippen molar-refractivity contribution in [3.63, 3.8) is 0 Å². The lowest BCUT2D eigenvalue weighted by Crippen LogP contribution is -2.53. The third-order valence-corrected chi connectivity index (χ3v) is 10.5. The molecule has 1 aliphatic heterocycles. The summed E-state index contributed by atoms with van der Waals surface area (Å²) in [5.41, 5.74) is 2.13. The van der Waals surface area contributed by atoms with Gasteiger partial charge in [0.05, 0.1) is 57.1 Å². The number of ether oxygens (including phenoxy) is 4. The smallest absolute Gasteiger partial charge is 0.497 e. The summed E-state index contributed by atoms with van der Waals surface area (Å²) in [5, 5.41) is 14.6. The summed E-state index contributed by atoms with van der Waals surface area (Å²) in [6.07, 6.45) is -6.05. The molecular weight excluding hydrogens is 694 g/mol. The van der Waals surface area contributed by atoms with Crippen LogP contribution in [0.4, 0.5) is 13.2 Å². The molecule has 2 N–H and O–H groups in total. The molecule has 4 aromatic carbocycles. The van der Waals surface area contributed by atoms with Gasteiger partial charge in [-0.3, -0.25) is 0 Å². The number of aromatic nitrogens is 1. The topological polar surface area (TPSA) is 104 Å². The van der Waals surface area contributed by atoms with Crippen molar-refractivity contribution in [3.05, 3.63) is 94.5 Å². The van der Waals surface area contributed by atoms with Crippen molar-refractivity contribution in [2.75, 3.05) is 27.4 Å². The minimum Gasteiger partial charge on any atom is -0.497 e. The van der Waals surface area contributed by atoms with Crippen LogP contribution in [0.1, 0.15) is 11.6 Å². The first kappa shape index (κ1) is 34.2. The third-order valence-electron chi connectivity index (χ3n) is 8.05. The van der Waals surface area contributed by atoms with Crippen LogP contribution in [0.25, 0.3) is 21.8 Å². The first-order chi connectivity index (χ1) is 22.9. The van der Waals surface area contributed by atoms with Gasteiger partial charge in [0.1, 0.15) is 27.2 Å². The Balaban J connectivity index is 1.39. The average Bonchev–Trinajstić information content (AvgIpc) is 3.36. The zero-order valence-corrected chi connectivity index (χ0v) is 27.9. The van der Waals surface area contributed by atoms with Gasteiger partial charge in [-0.25, -0.2) is 13.3 Å². The van der Waals surface area contributed by atoms with Crippen molar-refractivity contribution in [2.24, 2.45) is 4.36 Å². The molecular formula is C33H30Cl2F3N3O6S. The summed E-state index contributed by atoms with van der Waals surface area (Å²) >= 11 is 12.7. The van der Waals surface area contributed by atoms with Crippen molar-refractivity contribution in [1.82, 2.24) is 9.29 Å². The number of fused-ring (bicyclic) bond motifs is 3. The van der Waals surface area contributed by atoms with Gasteiger partial charge in [0.15, 0.2) is 0 Å². The zero-order chi connectivity index (χ0) is 34.2. The lowest BCUT2D eigenvalue weighted by Gasteiger charge is -2.37. The molecule has 15 heteroatoms. The molecule has 1 fully saturated rings. The average molecular weight is 725 g/mol. The van der Waals surface area contributed by atoms with Gasteiger partial charge in [-0.05, 0) is 72.8 Å². The first-order valence-electron chi connectivity index (χ1n) is 14.6. The lowest BCUT2D eigenvalue weighted by atomic mass is 10.0. The Hall–Kier alpha value is -3.72. The van der Waals surface area contributed by atoms with Crippen LogP contribution in [0.2, 0.25) is 10.0 Å². The number of nitrogens with one attached hydrogen (secondary N) is 1. The normalized spacial score (nSPS) is 19.6. The molecule has 1 aliphatic rings. The molecule has 0 saturated carbocycles. The Labute approximate surface area is 284 Å². The Morgan fingerprint density at radius 3 is 2.12 bits per heavy atom. The van der Waals surface area contributed by atoms with Crippen LogP contribution < -0.4 is 18.9 Å². The maximum atomic E-state index is 14.8. The van der Waals surface area contributed by atoms with E-state index in [1.54, 1.807) is 30.3 Å². The van der Waals surface area contributed by atoms with Gasteiger partial charge in [0, 0.05) is 43.5 Å². The van der Waals surface area contributed by atoms with Crippen LogP contribution in [-0.2, 0) is 21.2 Å². The number of nitrogens with zero attached hydrogens (tertiary/aromatic N) is 2. The monoisotopic (exact) mass is 723 g/mol. The van der Waals surface area contributed by atoms with E-state index in [0.29, 0.717) is 27.1 Å². The molecule has 254 valence electrons. The highest BCUT2D eigenvalue weighted by Gasteiger charge is 2.38. The number of rotatable bonds is 9. The SMILES string of the molecule is COc1ccc(CN=S(=O)(N[C@@H]2COC[C@H](n3c4ccc(Cl)cc4c4cc(Cl)ccc43)[C@H]2O)c2ccc(OC(F)(F)F)cc2)c(OC)c1. The van der Waals surface area contributed by atoms with Crippen LogP contribution >= 0.6 is 23.2 Å². The molecule has 6 rings (SSSR count). The lowest BCUT2D eigenvalue weighted by molar-refractivity contribution is -0.274. The number of hydrogen-bond acceptors (Lipinski definition) is 7. The number of aliphatic hydroxyl groups is 1. The Kier molecular flexibility index (Phi) is 9.71. The molecule has 9 nitrogen and oxygen atoms in total. The second-order valence-corrected chi connectivity index (χ2v) is 13.9. The summed E-state index contributed by atoms with van der Waals surface area (Å²) in [4.78, 5) is 0.0694. The van der Waals surface area contributed by atoms with E-state index in [0.717, 1.165) is 33.9 Å². The second kappa shape index (κ2) is 13.7. The third kappa shape index (κ3) is 7.02. The number of benzene rings is 4. The van der Waals surface area contributed by atoms with Crippen LogP contribution in [0.3, 0.4) is 0 Å². The van der Waals surface area contributed by atoms with E-state index in [1.807, 2.05) is 28.8 Å². The number of halogens is 5. The Morgan fingerprint density at radius 1 is 0.917 bits per heavy atom. The molecule has 4 atom stereocenters. The van der Waals surface area contributed by atoms with E-state index in [-0.39, 0.29) is 24.7 Å². The van der Waals surface area contributed by atoms with E-state index < -0.39 is 40.2 Å². The summed E-state index contributed by atoms with van der Waals surface area (Å²) in [7, 11) is -0.639. The number of hydrogen-bond donors (Lipinski definition) is 2. The molecule has 1 unspecified atom stereocenters. The van der Waals surface area contributed by atoms with Gasteiger partial charge < -0.3 is 28.6 Å². The van der Waals surface area contributed by atoms with Crippen LogP contribution in [-0.4, -0.2) is 59.8 Å². The van der Waals surface area contributed by atoms with E-state index in [2.05, 4.69) is 13.8 Å².